The Balaban J connectivity index is 3.39. The molecule has 0 atom stereocenters. The van der Waals surface area contributed by atoms with Crippen LogP contribution < -0.4 is 5.43 Å². The molecule has 1 aromatic heterocycles. The molecule has 0 unspecified atom stereocenters. The van der Waals surface area contributed by atoms with E-state index in [0.29, 0.717) is 0 Å². The fraction of sp³-hybridized carbons (Fsp3) is 0.250. The van der Waals surface area contributed by atoms with E-state index in [2.05, 4.69) is 20.9 Å². The van der Waals surface area contributed by atoms with Crippen LogP contribution >= 0.6 is 15.9 Å². The highest BCUT2D eigenvalue weighted by Crippen LogP contribution is 2.20. The van der Waals surface area contributed by atoms with Crippen LogP contribution in [0.3, 0.4) is 0 Å². The zero-order valence-electron chi connectivity index (χ0n) is 6.85. The van der Waals surface area contributed by atoms with Crippen molar-refractivity contribution < 1.29 is 8.78 Å². The second-order valence-corrected chi connectivity index (χ2v) is 3.35. The molecule has 0 aliphatic rings. The van der Waals surface area contributed by atoms with Gasteiger partial charge in [-0.15, -0.1) is 0 Å². The number of nitrogens with one attached hydrogen (secondary N) is 1. The average Bonchev–Trinajstić information content (AvgIpc) is 2.11. The second kappa shape index (κ2) is 4.33. The van der Waals surface area contributed by atoms with Crippen LogP contribution in [0.1, 0.15) is 17.7 Å². The van der Waals surface area contributed by atoms with Gasteiger partial charge in [-0.2, -0.15) is 5.26 Å². The van der Waals surface area contributed by atoms with E-state index in [4.69, 9.17) is 5.26 Å². The summed E-state index contributed by atoms with van der Waals surface area (Å²) in [6.45, 7) is 0. The zero-order chi connectivity index (χ0) is 10.7. The highest BCUT2D eigenvalue weighted by atomic mass is 79.9. The van der Waals surface area contributed by atoms with Crippen molar-refractivity contribution in [2.24, 2.45) is 0 Å². The quantitative estimate of drug-likeness (QED) is 0.888. The standard InChI is InChI=1S/C8H5BrF2N2O/c9-4-3-13-5(1-2-12)6(7(4)14)8(10)11/h3,8H,1H2,(H,13,14). The summed E-state index contributed by atoms with van der Waals surface area (Å²) < 4.78 is 24.9. The Morgan fingerprint density at radius 1 is 1.64 bits per heavy atom. The number of halogens is 3. The molecule has 0 amide bonds. The normalized spacial score (nSPS) is 10.2. The first kappa shape index (κ1) is 10.9. The molecule has 0 aliphatic carbocycles. The third-order valence-electron chi connectivity index (χ3n) is 1.63. The molecule has 1 heterocycles. The lowest BCUT2D eigenvalue weighted by atomic mass is 10.1. The van der Waals surface area contributed by atoms with Crippen molar-refractivity contribution in [3.63, 3.8) is 0 Å². The van der Waals surface area contributed by atoms with Gasteiger partial charge in [0.25, 0.3) is 6.43 Å². The lowest BCUT2D eigenvalue weighted by Gasteiger charge is -2.04. The van der Waals surface area contributed by atoms with Crippen LogP contribution in [-0.4, -0.2) is 4.98 Å². The molecular formula is C8H5BrF2N2O. The summed E-state index contributed by atoms with van der Waals surface area (Å²) in [7, 11) is 0. The van der Waals surface area contributed by atoms with Crippen molar-refractivity contribution in [2.45, 2.75) is 12.8 Å². The summed E-state index contributed by atoms with van der Waals surface area (Å²) in [5.74, 6) is 0. The topological polar surface area (TPSA) is 56.6 Å². The molecule has 0 fully saturated rings. The van der Waals surface area contributed by atoms with Gasteiger partial charge in [0.05, 0.1) is 22.5 Å². The minimum absolute atomic E-state index is 0.0318. The molecule has 0 aliphatic heterocycles. The van der Waals surface area contributed by atoms with Gasteiger partial charge in [-0.3, -0.25) is 4.79 Å². The molecule has 74 valence electrons. The van der Waals surface area contributed by atoms with Crippen molar-refractivity contribution in [1.82, 2.24) is 4.98 Å². The molecule has 0 radical (unpaired) electrons. The maximum absolute atomic E-state index is 12.4. The van der Waals surface area contributed by atoms with Crippen LogP contribution in [-0.2, 0) is 6.42 Å². The van der Waals surface area contributed by atoms with Gasteiger partial charge in [0, 0.05) is 11.9 Å². The second-order valence-electron chi connectivity index (χ2n) is 2.49. The van der Waals surface area contributed by atoms with Gasteiger partial charge in [0.1, 0.15) is 0 Å². The molecule has 6 heteroatoms. The van der Waals surface area contributed by atoms with Crippen molar-refractivity contribution in [3.05, 3.63) is 32.2 Å². The molecule has 1 aromatic rings. The number of alkyl halides is 2. The van der Waals surface area contributed by atoms with Gasteiger partial charge in [0.2, 0.25) is 5.43 Å². The predicted molar refractivity (Wildman–Crippen MR) is 49.0 cm³/mol. The smallest absolute Gasteiger partial charge is 0.269 e. The number of hydrogen-bond acceptors (Lipinski definition) is 2. The van der Waals surface area contributed by atoms with Crippen molar-refractivity contribution >= 4 is 15.9 Å². The molecule has 0 aromatic carbocycles. The highest BCUT2D eigenvalue weighted by Gasteiger charge is 2.18. The van der Waals surface area contributed by atoms with Crippen LogP contribution in [0.5, 0.6) is 0 Å². The first-order valence-corrected chi connectivity index (χ1v) is 4.42. The van der Waals surface area contributed by atoms with E-state index in [1.807, 2.05) is 0 Å². The number of nitrogens with zero attached hydrogens (tertiary/aromatic N) is 1. The third-order valence-corrected chi connectivity index (χ3v) is 2.22. The SMILES string of the molecule is N#CCc1[nH]cc(Br)c(=O)c1C(F)F. The Morgan fingerprint density at radius 3 is 2.79 bits per heavy atom. The van der Waals surface area contributed by atoms with Crippen molar-refractivity contribution in [1.29, 1.82) is 5.26 Å². The van der Waals surface area contributed by atoms with Crippen molar-refractivity contribution in [3.8, 4) is 6.07 Å². The van der Waals surface area contributed by atoms with E-state index >= 15 is 0 Å². The van der Waals surface area contributed by atoms with Gasteiger partial charge >= 0.3 is 0 Å². The number of aromatic nitrogens is 1. The number of rotatable bonds is 2. The summed E-state index contributed by atoms with van der Waals surface area (Å²) in [6, 6.07) is 1.71. The molecule has 3 nitrogen and oxygen atoms in total. The van der Waals surface area contributed by atoms with E-state index < -0.39 is 17.4 Å². The minimum atomic E-state index is -2.88. The van der Waals surface area contributed by atoms with E-state index in [1.54, 1.807) is 6.07 Å². The Kier molecular flexibility index (Phi) is 3.36. The first-order chi connectivity index (χ1) is 6.57. The minimum Gasteiger partial charge on any atom is -0.362 e. The Bertz CT molecular complexity index is 436. The van der Waals surface area contributed by atoms with Crippen LogP contribution in [0.2, 0.25) is 0 Å². The van der Waals surface area contributed by atoms with Crippen LogP contribution in [0, 0.1) is 11.3 Å². The average molecular weight is 263 g/mol. The monoisotopic (exact) mass is 262 g/mol. The summed E-state index contributed by atoms with van der Waals surface area (Å²) in [4.78, 5) is 13.7. The molecule has 1 N–H and O–H groups in total. The Hall–Kier alpha value is -1.22. The number of aromatic amines is 1. The molecule has 1 rings (SSSR count). The largest absolute Gasteiger partial charge is 0.362 e. The summed E-state index contributed by atoms with van der Waals surface area (Å²) in [5.41, 5.74) is -1.44. The molecular weight excluding hydrogens is 258 g/mol. The Labute approximate surface area is 86.5 Å². The fourth-order valence-corrected chi connectivity index (χ4v) is 1.34. The molecule has 0 saturated carbocycles. The van der Waals surface area contributed by atoms with Crippen LogP contribution in [0.15, 0.2) is 15.5 Å². The van der Waals surface area contributed by atoms with Crippen LogP contribution in [0.4, 0.5) is 8.78 Å². The first-order valence-electron chi connectivity index (χ1n) is 3.63. The van der Waals surface area contributed by atoms with Gasteiger partial charge in [-0.25, -0.2) is 8.78 Å². The van der Waals surface area contributed by atoms with Gasteiger partial charge in [-0.05, 0) is 15.9 Å². The fourth-order valence-electron chi connectivity index (χ4n) is 1.02. The maximum Gasteiger partial charge on any atom is 0.269 e. The highest BCUT2D eigenvalue weighted by molar-refractivity contribution is 9.10. The van der Waals surface area contributed by atoms with Crippen LogP contribution in [0.25, 0.3) is 0 Å². The van der Waals surface area contributed by atoms with Gasteiger partial charge in [0.15, 0.2) is 0 Å². The number of H-pyrrole nitrogens is 1. The maximum atomic E-state index is 12.4. The number of hydrogen-bond donors (Lipinski definition) is 1. The molecule has 0 spiro atoms. The number of pyridine rings is 1. The molecule has 0 saturated heterocycles. The summed E-state index contributed by atoms with van der Waals surface area (Å²) >= 11 is 2.84. The van der Waals surface area contributed by atoms with Crippen molar-refractivity contribution in [2.75, 3.05) is 0 Å². The number of nitriles is 1. The summed E-state index contributed by atoms with van der Waals surface area (Å²) in [5, 5.41) is 8.36. The molecule has 0 bridgehead atoms. The van der Waals surface area contributed by atoms with Gasteiger partial charge < -0.3 is 4.98 Å². The third kappa shape index (κ3) is 1.99. The lowest BCUT2D eigenvalue weighted by Crippen LogP contribution is -2.15. The zero-order valence-corrected chi connectivity index (χ0v) is 8.44. The lowest BCUT2D eigenvalue weighted by molar-refractivity contribution is 0.148. The van der Waals surface area contributed by atoms with E-state index in [9.17, 15) is 13.6 Å². The van der Waals surface area contributed by atoms with Gasteiger partial charge in [-0.1, -0.05) is 0 Å². The van der Waals surface area contributed by atoms with E-state index in [1.165, 1.54) is 6.20 Å². The van der Waals surface area contributed by atoms with E-state index in [-0.39, 0.29) is 16.6 Å². The predicted octanol–water partition coefficient (Wildman–Crippen LogP) is 2.14. The summed E-state index contributed by atoms with van der Waals surface area (Å²) in [6.07, 6.45) is -1.86. The van der Waals surface area contributed by atoms with E-state index in [0.717, 1.165) is 0 Å². The molecule has 14 heavy (non-hydrogen) atoms. The Morgan fingerprint density at radius 2 is 2.29 bits per heavy atom.